The molecule has 0 aromatic rings. The van der Waals surface area contributed by atoms with Gasteiger partial charge in [0.25, 0.3) is 0 Å². The van der Waals surface area contributed by atoms with Crippen LogP contribution in [0.1, 0.15) is 0 Å². The van der Waals surface area contributed by atoms with E-state index in [0.717, 1.165) is 0 Å². The first-order valence-electron chi connectivity index (χ1n) is 0.698. The molecule has 0 atom stereocenters. The molecule has 0 aromatic carbocycles. The third-order valence-electron chi connectivity index (χ3n) is 0. The minimum atomic E-state index is -5.25. The standard InChI is InChI=1S/Cr.2FH.2H3N.2H2O.2O/h;2*1H;2*1H3;2*1H2;;/q+2;;;;;;;;/p-2. The third-order valence-corrected chi connectivity index (χ3v) is 0. The molecule has 0 saturated carbocycles. The first kappa shape index (κ1) is 36.9. The molecular weight excluding hydrogens is 182 g/mol. The van der Waals surface area contributed by atoms with Gasteiger partial charge < -0.3 is 21.7 Å². The quantitative estimate of drug-likeness (QED) is 0.302. The van der Waals surface area contributed by atoms with Crippen molar-refractivity contribution in [2.75, 3.05) is 0 Å². The van der Waals surface area contributed by atoms with Crippen molar-refractivity contribution in [1.82, 2.24) is 12.3 Å². The van der Waals surface area contributed by atoms with Crippen LogP contribution < -0.4 is 21.7 Å². The molecule has 0 aliphatic heterocycles. The van der Waals surface area contributed by atoms with Gasteiger partial charge in [0.2, 0.25) is 0 Å². The second-order valence-electron chi connectivity index (χ2n) is 0.448. The van der Waals surface area contributed by atoms with Crippen molar-refractivity contribution in [2.45, 2.75) is 0 Å². The molecule has 0 aliphatic carbocycles. The maximum absolute atomic E-state index is 8.82. The van der Waals surface area contributed by atoms with E-state index in [4.69, 9.17) is 15.9 Å². The molecule has 9 heavy (non-hydrogen) atoms. The Kier molecular flexibility index (Phi) is 44.1. The normalized spacial score (nSPS) is 6.44. The van der Waals surface area contributed by atoms with Gasteiger partial charge in [-0.3, -0.25) is 0 Å². The predicted molar refractivity (Wildman–Crippen MR) is 17.8 cm³/mol. The van der Waals surface area contributed by atoms with Gasteiger partial charge in [-0.1, -0.05) is 0 Å². The van der Waals surface area contributed by atoms with E-state index >= 15 is 0 Å². The Hall–Kier alpha value is -0.168. The summed E-state index contributed by atoms with van der Waals surface area (Å²) in [5.41, 5.74) is 0. The van der Waals surface area contributed by atoms with Gasteiger partial charge in [0.15, 0.2) is 0 Å². The molecule has 0 bridgehead atoms. The summed E-state index contributed by atoms with van der Waals surface area (Å²) in [5, 5.41) is 0. The fourth-order valence-corrected chi connectivity index (χ4v) is 0. The van der Waals surface area contributed by atoms with Crippen LogP contribution in [-0.4, -0.2) is 8.32 Å². The van der Waals surface area contributed by atoms with E-state index in [2.05, 4.69) is 0 Å². The maximum atomic E-state index is 8.82. The van der Waals surface area contributed by atoms with Crippen molar-refractivity contribution >= 4 is 0 Å². The monoisotopic (exact) mass is 192 g/mol. The van der Waals surface area contributed by atoms with Gasteiger partial charge in [-0.2, -0.15) is 0 Å². The topological polar surface area (TPSA) is 148 Å². The third kappa shape index (κ3) is 9490. The van der Waals surface area contributed by atoms with E-state index in [-0.39, 0.29) is 21.7 Å². The molecule has 0 aromatic heterocycles. The van der Waals surface area contributed by atoms with Crippen LogP contribution in [0.4, 0.5) is 0 Å². The van der Waals surface area contributed by atoms with Crippen LogP contribution in [0.25, 0.3) is 0 Å². The van der Waals surface area contributed by atoms with Crippen molar-refractivity contribution in [3.05, 3.63) is 0 Å². The zero-order valence-corrected chi connectivity index (χ0v) is 6.15. The SMILES string of the molecule is [F-].[F-].[NH4+].[NH4+].[O]=[Cr](=[O])([OH])[OH]. The van der Waals surface area contributed by atoms with Gasteiger partial charge in [-0.05, 0) is 0 Å². The van der Waals surface area contributed by atoms with Gasteiger partial charge in [-0.25, -0.2) is 0 Å². The van der Waals surface area contributed by atoms with E-state index in [1.54, 1.807) is 0 Å². The summed E-state index contributed by atoms with van der Waals surface area (Å²) in [6.45, 7) is 0. The molecule has 64 valence electrons. The predicted octanol–water partition coefficient (Wildman–Crippen LogP) is -6.59. The first-order valence-corrected chi connectivity index (χ1v) is 2.88. The van der Waals surface area contributed by atoms with E-state index in [1.807, 2.05) is 0 Å². The van der Waals surface area contributed by atoms with Crippen LogP contribution in [0.5, 0.6) is 0 Å². The van der Waals surface area contributed by atoms with E-state index in [0.29, 0.717) is 0 Å². The summed E-state index contributed by atoms with van der Waals surface area (Å²) < 4.78 is 31.9. The average molecular weight is 192 g/mol. The summed E-state index contributed by atoms with van der Waals surface area (Å²) in [5.74, 6) is 0. The molecule has 0 rings (SSSR count). The fourth-order valence-electron chi connectivity index (χ4n) is 0. The van der Waals surface area contributed by atoms with E-state index in [9.17, 15) is 0 Å². The average Bonchev–Trinajstić information content (AvgIpc) is 0.722. The van der Waals surface area contributed by atoms with E-state index in [1.165, 1.54) is 0 Å². The van der Waals surface area contributed by atoms with Gasteiger partial charge >= 0.3 is 29.5 Å². The molecule has 0 heterocycles. The Balaban J connectivity index is -0.0000000133. The minimum absolute atomic E-state index is 0. The Morgan fingerprint density at radius 3 is 0.889 bits per heavy atom. The molecule has 6 nitrogen and oxygen atoms in total. The number of quaternary nitrogens is 2. The number of hydrogen-bond acceptors (Lipinski definition) is 2. The molecule has 10 N–H and O–H groups in total. The van der Waals surface area contributed by atoms with Gasteiger partial charge in [-0.15, -0.1) is 0 Å². The van der Waals surface area contributed by atoms with Crippen LogP contribution in [0.3, 0.4) is 0 Å². The van der Waals surface area contributed by atoms with Crippen molar-refractivity contribution in [1.29, 1.82) is 0 Å². The van der Waals surface area contributed by atoms with Crippen molar-refractivity contribution in [3.63, 3.8) is 0 Å². The Labute approximate surface area is 52.2 Å². The molecule has 0 radical (unpaired) electrons. The molecule has 0 amide bonds. The Morgan fingerprint density at radius 2 is 0.889 bits per heavy atom. The number of hydrogen-bond donors (Lipinski definition) is 4. The Bertz CT molecular complexity index is 99.7. The second kappa shape index (κ2) is 10.7. The molecule has 0 spiro atoms. The Morgan fingerprint density at radius 1 is 0.889 bits per heavy atom. The van der Waals surface area contributed by atoms with Gasteiger partial charge in [0.05, 0.1) is 0 Å². The molecule has 0 unspecified atom stereocenters. The molecule has 0 fully saturated rings. The molecule has 0 aliphatic rings. The summed E-state index contributed by atoms with van der Waals surface area (Å²) in [6.07, 6.45) is 0. The zero-order chi connectivity index (χ0) is 4.50. The first-order chi connectivity index (χ1) is 2.00. The van der Waals surface area contributed by atoms with Crippen LogP contribution >= 0.6 is 0 Å². The van der Waals surface area contributed by atoms with Crippen LogP contribution in [0, 0.1) is 0 Å². The summed E-state index contributed by atoms with van der Waals surface area (Å²) >= 11 is -5.25. The zero-order valence-electron chi connectivity index (χ0n) is 4.88. The van der Waals surface area contributed by atoms with Crippen LogP contribution in [0.2, 0.25) is 0 Å². The number of rotatable bonds is 0. The summed E-state index contributed by atoms with van der Waals surface area (Å²) in [7, 11) is 0. The summed E-state index contributed by atoms with van der Waals surface area (Å²) in [4.78, 5) is 0. The van der Waals surface area contributed by atoms with Gasteiger partial charge in [0.1, 0.15) is 0 Å². The second-order valence-corrected chi connectivity index (χ2v) is 1.85. The molecule has 0 saturated heterocycles. The fraction of sp³-hybridized carbons (Fsp3) is 0. The van der Waals surface area contributed by atoms with Crippen molar-refractivity contribution in [2.24, 2.45) is 0 Å². The number of halogens is 2. The van der Waals surface area contributed by atoms with E-state index < -0.39 is 13.6 Å². The van der Waals surface area contributed by atoms with Crippen molar-refractivity contribution in [3.8, 4) is 0 Å². The molecule has 9 heteroatoms. The van der Waals surface area contributed by atoms with Gasteiger partial charge in [0, 0.05) is 0 Å². The summed E-state index contributed by atoms with van der Waals surface area (Å²) in [6, 6.07) is 0. The van der Waals surface area contributed by atoms with Crippen LogP contribution in [-0.2, 0) is 21.2 Å². The van der Waals surface area contributed by atoms with Crippen LogP contribution in [0.15, 0.2) is 0 Å². The molecular formula is H10CrF2N2O4. The van der Waals surface area contributed by atoms with Crippen molar-refractivity contribution < 1.29 is 38.9 Å².